The fourth-order valence-electron chi connectivity index (χ4n) is 1.20. The largest absolute Gasteiger partial charge is 0.454 e. The minimum Gasteiger partial charge on any atom is -0.454 e. The summed E-state index contributed by atoms with van der Waals surface area (Å²) in [5.74, 6) is -0.555. The third kappa shape index (κ3) is 2.38. The Kier molecular flexibility index (Phi) is 3.64. The summed E-state index contributed by atoms with van der Waals surface area (Å²) in [6.07, 6.45) is 0. The summed E-state index contributed by atoms with van der Waals surface area (Å²) in [6, 6.07) is 3.09. The van der Waals surface area contributed by atoms with E-state index >= 15 is 0 Å². The van der Waals surface area contributed by atoms with Crippen molar-refractivity contribution < 1.29 is 22.3 Å². The van der Waals surface area contributed by atoms with Crippen molar-refractivity contribution in [2.75, 3.05) is 6.61 Å². The van der Waals surface area contributed by atoms with Gasteiger partial charge in [-0.15, -0.1) is 0 Å². The molecule has 0 radical (unpaired) electrons. The third-order valence-corrected chi connectivity index (χ3v) is 3.50. The van der Waals surface area contributed by atoms with E-state index in [0.717, 1.165) is 18.2 Å². The van der Waals surface area contributed by atoms with E-state index in [1.807, 2.05) is 0 Å². The standard InChI is InChI=1S/C10H11FO4S/c1-3-15-10(12)16(13,14)9-5-4-8(11)6-7(9)2/h4-6H,3H2,1-2H3. The van der Waals surface area contributed by atoms with Gasteiger partial charge in [-0.25, -0.2) is 17.6 Å². The third-order valence-electron chi connectivity index (χ3n) is 1.91. The molecule has 0 aliphatic rings. The molecule has 4 nitrogen and oxygen atoms in total. The fourth-order valence-corrected chi connectivity index (χ4v) is 2.38. The molecule has 0 unspecified atom stereocenters. The highest BCUT2D eigenvalue weighted by molar-refractivity contribution is 8.05. The number of carbonyl (C=O) groups is 1. The Morgan fingerprint density at radius 1 is 1.44 bits per heavy atom. The van der Waals surface area contributed by atoms with Gasteiger partial charge in [0.25, 0.3) is 9.84 Å². The first kappa shape index (κ1) is 12.6. The maximum absolute atomic E-state index is 12.8. The van der Waals surface area contributed by atoms with Crippen molar-refractivity contribution in [3.8, 4) is 0 Å². The summed E-state index contributed by atoms with van der Waals surface area (Å²) in [5, 5.41) is -1.32. The molecule has 1 aromatic carbocycles. The predicted molar refractivity (Wildman–Crippen MR) is 55.3 cm³/mol. The van der Waals surface area contributed by atoms with Crippen LogP contribution in [-0.2, 0) is 14.6 Å². The monoisotopic (exact) mass is 246 g/mol. The predicted octanol–water partition coefficient (Wildman–Crippen LogP) is 2.06. The fraction of sp³-hybridized carbons (Fsp3) is 0.300. The second-order valence-electron chi connectivity index (χ2n) is 3.10. The average molecular weight is 246 g/mol. The summed E-state index contributed by atoms with van der Waals surface area (Å²) in [6.45, 7) is 2.89. The van der Waals surface area contributed by atoms with Gasteiger partial charge in [-0.1, -0.05) is 0 Å². The zero-order valence-corrected chi connectivity index (χ0v) is 9.67. The van der Waals surface area contributed by atoms with Crippen LogP contribution in [0.2, 0.25) is 0 Å². The number of sulfone groups is 1. The van der Waals surface area contributed by atoms with Crippen LogP contribution >= 0.6 is 0 Å². The molecule has 0 saturated carbocycles. The van der Waals surface area contributed by atoms with Gasteiger partial charge in [0.1, 0.15) is 5.82 Å². The summed E-state index contributed by atoms with van der Waals surface area (Å²) >= 11 is 0. The topological polar surface area (TPSA) is 60.4 Å². The van der Waals surface area contributed by atoms with Gasteiger partial charge in [0, 0.05) is 0 Å². The van der Waals surface area contributed by atoms with Crippen LogP contribution in [0.15, 0.2) is 23.1 Å². The molecule has 16 heavy (non-hydrogen) atoms. The zero-order valence-electron chi connectivity index (χ0n) is 8.86. The second-order valence-corrected chi connectivity index (χ2v) is 4.88. The maximum atomic E-state index is 12.8. The van der Waals surface area contributed by atoms with Gasteiger partial charge >= 0.3 is 5.30 Å². The van der Waals surface area contributed by atoms with Crippen molar-refractivity contribution in [1.82, 2.24) is 0 Å². The highest BCUT2D eigenvalue weighted by Gasteiger charge is 2.27. The summed E-state index contributed by atoms with van der Waals surface area (Å²) in [7, 11) is -4.18. The molecule has 6 heteroatoms. The van der Waals surface area contributed by atoms with Crippen LogP contribution in [0, 0.1) is 12.7 Å². The van der Waals surface area contributed by atoms with Crippen molar-refractivity contribution in [3.05, 3.63) is 29.6 Å². The molecule has 1 aromatic rings. The minimum absolute atomic E-state index is 0.0295. The van der Waals surface area contributed by atoms with E-state index in [1.54, 1.807) is 0 Å². The molecule has 0 spiro atoms. The number of hydrogen-bond acceptors (Lipinski definition) is 4. The Balaban J connectivity index is 3.23. The van der Waals surface area contributed by atoms with Gasteiger partial charge in [0.15, 0.2) is 0 Å². The molecule has 0 fully saturated rings. The number of aryl methyl sites for hydroxylation is 1. The smallest absolute Gasteiger partial charge is 0.429 e. The van der Waals surface area contributed by atoms with Gasteiger partial charge in [-0.2, -0.15) is 0 Å². The SMILES string of the molecule is CCOC(=O)S(=O)(=O)c1ccc(F)cc1C. The van der Waals surface area contributed by atoms with Crippen molar-refractivity contribution >= 4 is 15.1 Å². The van der Waals surface area contributed by atoms with Crippen LogP contribution in [0.4, 0.5) is 9.18 Å². The van der Waals surface area contributed by atoms with Gasteiger partial charge in [0.05, 0.1) is 11.5 Å². The lowest BCUT2D eigenvalue weighted by atomic mass is 10.2. The van der Waals surface area contributed by atoms with Crippen molar-refractivity contribution in [1.29, 1.82) is 0 Å². The van der Waals surface area contributed by atoms with Crippen molar-refractivity contribution in [2.24, 2.45) is 0 Å². The lowest BCUT2D eigenvalue weighted by Crippen LogP contribution is -2.17. The van der Waals surface area contributed by atoms with E-state index in [4.69, 9.17) is 0 Å². The first-order valence-corrected chi connectivity index (χ1v) is 6.06. The van der Waals surface area contributed by atoms with Gasteiger partial charge in [0.2, 0.25) is 0 Å². The molecule has 1 rings (SSSR count). The molecule has 0 heterocycles. The first-order valence-electron chi connectivity index (χ1n) is 4.57. The highest BCUT2D eigenvalue weighted by atomic mass is 32.2. The number of halogens is 1. The van der Waals surface area contributed by atoms with Crippen LogP contribution in [0.5, 0.6) is 0 Å². The molecular weight excluding hydrogens is 235 g/mol. The molecule has 0 amide bonds. The number of rotatable bonds is 2. The van der Waals surface area contributed by atoms with Crippen molar-refractivity contribution in [3.63, 3.8) is 0 Å². The normalized spacial score (nSPS) is 11.2. The Labute approximate surface area is 93.0 Å². The summed E-state index contributed by atoms with van der Waals surface area (Å²) in [5.41, 5.74) is 0.174. The van der Waals surface area contributed by atoms with Gasteiger partial charge in [-0.3, -0.25) is 0 Å². The molecular formula is C10H11FO4S. The van der Waals surface area contributed by atoms with Gasteiger partial charge in [-0.05, 0) is 37.6 Å². The molecule has 0 N–H and O–H groups in total. The summed E-state index contributed by atoms with van der Waals surface area (Å²) < 4.78 is 40.5. The summed E-state index contributed by atoms with van der Waals surface area (Å²) in [4.78, 5) is 11.0. The van der Waals surface area contributed by atoms with Crippen LogP contribution in [0.25, 0.3) is 0 Å². The molecule has 0 atom stereocenters. The van der Waals surface area contributed by atoms with E-state index in [9.17, 15) is 17.6 Å². The quantitative estimate of drug-likeness (QED) is 0.592. The highest BCUT2D eigenvalue weighted by Crippen LogP contribution is 2.19. The minimum atomic E-state index is -4.18. The van der Waals surface area contributed by atoms with Crippen LogP contribution in [0.3, 0.4) is 0 Å². The van der Waals surface area contributed by atoms with Crippen molar-refractivity contribution in [2.45, 2.75) is 18.7 Å². The molecule has 0 bridgehead atoms. The lowest BCUT2D eigenvalue weighted by Gasteiger charge is -2.06. The first-order chi connectivity index (χ1) is 7.39. The van der Waals surface area contributed by atoms with E-state index in [1.165, 1.54) is 13.8 Å². The molecule has 0 aromatic heterocycles. The Morgan fingerprint density at radius 3 is 2.56 bits per heavy atom. The zero-order chi connectivity index (χ0) is 12.3. The number of hydrogen-bond donors (Lipinski definition) is 0. The lowest BCUT2D eigenvalue weighted by molar-refractivity contribution is 0.178. The number of carbonyl (C=O) groups excluding carboxylic acids is 1. The number of benzene rings is 1. The molecule has 0 aliphatic heterocycles. The number of ether oxygens (including phenoxy) is 1. The Hall–Kier alpha value is -1.43. The van der Waals surface area contributed by atoms with E-state index < -0.39 is 21.0 Å². The maximum Gasteiger partial charge on any atom is 0.429 e. The van der Waals surface area contributed by atoms with E-state index in [2.05, 4.69) is 4.74 Å². The van der Waals surface area contributed by atoms with Crippen LogP contribution in [-0.4, -0.2) is 20.3 Å². The Bertz CT molecular complexity index is 508. The Morgan fingerprint density at radius 2 is 2.06 bits per heavy atom. The molecule has 0 aliphatic carbocycles. The van der Waals surface area contributed by atoms with Crippen LogP contribution in [0.1, 0.15) is 12.5 Å². The van der Waals surface area contributed by atoms with Crippen LogP contribution < -0.4 is 0 Å². The second kappa shape index (κ2) is 4.61. The van der Waals surface area contributed by atoms with Gasteiger partial charge < -0.3 is 4.74 Å². The average Bonchev–Trinajstić information content (AvgIpc) is 2.17. The molecule has 0 saturated heterocycles. The van der Waals surface area contributed by atoms with E-state index in [0.29, 0.717) is 0 Å². The van der Waals surface area contributed by atoms with E-state index in [-0.39, 0.29) is 17.1 Å². The molecule has 88 valence electrons.